The van der Waals surface area contributed by atoms with E-state index in [2.05, 4.69) is 36.1 Å². The van der Waals surface area contributed by atoms with Crippen LogP contribution in [0.2, 0.25) is 5.15 Å². The highest BCUT2D eigenvalue weighted by molar-refractivity contribution is 6.29. The lowest BCUT2D eigenvalue weighted by Gasteiger charge is -2.17. The van der Waals surface area contributed by atoms with Crippen molar-refractivity contribution < 1.29 is 32.2 Å². The van der Waals surface area contributed by atoms with Crippen molar-refractivity contribution in [2.24, 2.45) is 0 Å². The maximum Gasteiger partial charge on any atom is 0.420 e. The summed E-state index contributed by atoms with van der Waals surface area (Å²) in [5.74, 6) is -0.815. The van der Waals surface area contributed by atoms with E-state index in [1.54, 1.807) is 25.1 Å². The van der Waals surface area contributed by atoms with Gasteiger partial charge < -0.3 is 25.4 Å². The number of anilines is 3. The number of hydrogen-bond acceptors (Lipinski definition) is 8. The van der Waals surface area contributed by atoms with Gasteiger partial charge >= 0.3 is 12.2 Å². The number of nitrogens with one attached hydrogen (secondary N) is 3. The Morgan fingerprint density at radius 2 is 1.77 bits per heavy atom. The van der Waals surface area contributed by atoms with Gasteiger partial charge in [0.05, 0.1) is 66.3 Å². The third kappa shape index (κ3) is 6.25. The lowest BCUT2D eigenvalue weighted by atomic mass is 10.2. The van der Waals surface area contributed by atoms with Gasteiger partial charge in [-0.3, -0.25) is 4.79 Å². The molecule has 5 rings (SSSR count). The molecule has 0 aliphatic heterocycles. The molecule has 0 bridgehead atoms. The quantitative estimate of drug-likeness (QED) is 0.201. The minimum Gasteiger partial charge on any atom is -0.496 e. The van der Waals surface area contributed by atoms with Crippen LogP contribution in [-0.4, -0.2) is 55.5 Å². The van der Waals surface area contributed by atoms with Crippen molar-refractivity contribution in [1.82, 2.24) is 29.4 Å². The topological polar surface area (TPSA) is 150 Å². The largest absolute Gasteiger partial charge is 0.496 e. The van der Waals surface area contributed by atoms with Crippen LogP contribution < -0.4 is 20.7 Å². The van der Waals surface area contributed by atoms with Crippen molar-refractivity contribution in [3.8, 4) is 11.6 Å². The van der Waals surface area contributed by atoms with E-state index in [1.165, 1.54) is 49.5 Å². The summed E-state index contributed by atoms with van der Waals surface area (Å²) in [5, 5.41) is 15.7. The van der Waals surface area contributed by atoms with Crippen LogP contribution in [0, 0.1) is 0 Å². The van der Waals surface area contributed by atoms with Crippen molar-refractivity contribution in [3.63, 3.8) is 0 Å². The van der Waals surface area contributed by atoms with Crippen LogP contribution in [0.4, 0.5) is 35.0 Å². The fraction of sp³-hybridized carbons (Fsp3) is 0.185. The Bertz CT molecular complexity index is 1860. The van der Waals surface area contributed by atoms with E-state index >= 15 is 0 Å². The average molecular weight is 630 g/mol. The van der Waals surface area contributed by atoms with Gasteiger partial charge in [0.25, 0.3) is 5.91 Å². The lowest BCUT2D eigenvalue weighted by molar-refractivity contribution is -0.137. The van der Waals surface area contributed by atoms with Gasteiger partial charge in [-0.2, -0.15) is 23.4 Å². The molecule has 3 amide bonds. The molecule has 1 atom stereocenters. The first-order valence-electron chi connectivity index (χ1n) is 12.7. The summed E-state index contributed by atoms with van der Waals surface area (Å²) in [6.07, 6.45) is -0.713. The van der Waals surface area contributed by atoms with Gasteiger partial charge in [0.2, 0.25) is 0 Å². The second-order valence-electron chi connectivity index (χ2n) is 9.17. The minimum atomic E-state index is -4.88. The number of aromatic nitrogens is 6. The number of methoxy groups -OCH3 is 2. The number of urea groups is 1. The van der Waals surface area contributed by atoms with Crippen LogP contribution in [0.1, 0.15) is 34.6 Å². The third-order valence-corrected chi connectivity index (χ3v) is 6.50. The number of benzene rings is 1. The van der Waals surface area contributed by atoms with Crippen molar-refractivity contribution in [2.75, 3.05) is 30.2 Å². The Hall–Kier alpha value is -5.22. The summed E-state index contributed by atoms with van der Waals surface area (Å²) in [4.78, 5) is 33.6. The van der Waals surface area contributed by atoms with Gasteiger partial charge in [-0.05, 0) is 25.1 Å². The average Bonchev–Trinajstić information content (AvgIpc) is 3.61. The van der Waals surface area contributed by atoms with Crippen LogP contribution in [-0.2, 0) is 10.9 Å². The van der Waals surface area contributed by atoms with Crippen molar-refractivity contribution in [2.45, 2.75) is 19.2 Å². The molecule has 44 heavy (non-hydrogen) atoms. The maximum atomic E-state index is 14.1. The number of fused-ring (bicyclic) bond motifs is 1. The Morgan fingerprint density at radius 1 is 1.00 bits per heavy atom. The van der Waals surface area contributed by atoms with Crippen molar-refractivity contribution in [1.29, 1.82) is 0 Å². The normalized spacial score (nSPS) is 12.2. The smallest absolute Gasteiger partial charge is 0.420 e. The molecule has 0 aliphatic rings. The number of para-hydroxylation sites is 1. The van der Waals surface area contributed by atoms with Gasteiger partial charge in [-0.1, -0.05) is 23.7 Å². The molecular weight excluding hydrogens is 607 g/mol. The number of hydrogen-bond donors (Lipinski definition) is 3. The maximum absolute atomic E-state index is 14.1. The molecule has 13 nitrogen and oxygen atoms in total. The highest BCUT2D eigenvalue weighted by atomic mass is 35.5. The fourth-order valence-corrected chi connectivity index (χ4v) is 4.43. The molecule has 1 aromatic carbocycles. The Balaban J connectivity index is 1.37. The summed E-state index contributed by atoms with van der Waals surface area (Å²) in [6.45, 7) is 1.70. The molecule has 0 spiro atoms. The first-order valence-corrected chi connectivity index (χ1v) is 13.1. The van der Waals surface area contributed by atoms with Crippen molar-refractivity contribution in [3.05, 3.63) is 83.2 Å². The van der Waals surface area contributed by atoms with Crippen LogP contribution in [0.15, 0.2) is 61.2 Å². The molecule has 0 saturated carbocycles. The number of alkyl halides is 3. The summed E-state index contributed by atoms with van der Waals surface area (Å²) in [5.41, 5.74) is -0.131. The van der Waals surface area contributed by atoms with E-state index < -0.39 is 35.6 Å². The zero-order valence-corrected chi connectivity index (χ0v) is 23.9. The molecule has 0 saturated heterocycles. The molecule has 4 heterocycles. The van der Waals surface area contributed by atoms with Gasteiger partial charge in [-0.25, -0.2) is 24.0 Å². The summed E-state index contributed by atoms with van der Waals surface area (Å²) in [7, 11) is 2.86. The number of pyridine rings is 1. The molecule has 0 unspecified atom stereocenters. The molecule has 0 aliphatic carbocycles. The molecule has 17 heteroatoms. The SMILES string of the molecule is COc1ccccc1C(=O)Nc1cnn(-c2ncc(NC(=O)Nc3cnc4cc(Cl)nn4c3[C@H](C)OC)cc2C(F)(F)F)c1. The number of rotatable bonds is 8. The number of carbonyl (C=O) groups is 2. The summed E-state index contributed by atoms with van der Waals surface area (Å²) >= 11 is 6.00. The molecule has 228 valence electrons. The molecule has 4 aromatic heterocycles. The number of carbonyl (C=O) groups excluding carboxylic acids is 2. The number of halogens is 4. The van der Waals surface area contributed by atoms with E-state index in [-0.39, 0.29) is 27.8 Å². The predicted molar refractivity (Wildman–Crippen MR) is 153 cm³/mol. The Kier molecular flexibility index (Phi) is 8.37. The van der Waals surface area contributed by atoms with Crippen molar-refractivity contribution >= 4 is 46.2 Å². The van der Waals surface area contributed by atoms with E-state index in [1.807, 2.05) is 0 Å². The van der Waals surface area contributed by atoms with E-state index in [9.17, 15) is 22.8 Å². The summed E-state index contributed by atoms with van der Waals surface area (Å²) in [6, 6.07) is 7.80. The van der Waals surface area contributed by atoms with Crippen LogP contribution in [0.5, 0.6) is 5.75 Å². The first-order chi connectivity index (χ1) is 21.0. The monoisotopic (exact) mass is 629 g/mol. The van der Waals surface area contributed by atoms with Gasteiger partial charge in [0.15, 0.2) is 16.6 Å². The van der Waals surface area contributed by atoms with E-state index in [0.29, 0.717) is 23.2 Å². The second-order valence-corrected chi connectivity index (χ2v) is 9.56. The first kappa shape index (κ1) is 30.2. The van der Waals surface area contributed by atoms with Crippen LogP contribution in [0.25, 0.3) is 11.5 Å². The fourth-order valence-electron chi connectivity index (χ4n) is 4.26. The second kappa shape index (κ2) is 12.2. The molecule has 3 N–H and O–H groups in total. The number of amides is 3. The van der Waals surface area contributed by atoms with E-state index in [4.69, 9.17) is 21.1 Å². The van der Waals surface area contributed by atoms with Crippen LogP contribution >= 0.6 is 11.6 Å². The predicted octanol–water partition coefficient (Wildman–Crippen LogP) is 5.59. The molecular formula is C27H23ClF3N9O4. The zero-order valence-electron chi connectivity index (χ0n) is 23.2. The molecule has 5 aromatic rings. The number of nitrogens with zero attached hydrogens (tertiary/aromatic N) is 6. The third-order valence-electron chi connectivity index (χ3n) is 6.32. The lowest BCUT2D eigenvalue weighted by Crippen LogP contribution is -2.23. The zero-order chi connectivity index (χ0) is 31.6. The molecule has 0 fully saturated rings. The highest BCUT2D eigenvalue weighted by Crippen LogP contribution is 2.35. The summed E-state index contributed by atoms with van der Waals surface area (Å²) < 4.78 is 55.2. The van der Waals surface area contributed by atoms with Gasteiger partial charge in [-0.15, -0.1) is 0 Å². The van der Waals surface area contributed by atoms with E-state index in [0.717, 1.165) is 10.9 Å². The van der Waals surface area contributed by atoms with Gasteiger partial charge in [0, 0.05) is 13.2 Å². The molecule has 0 radical (unpaired) electrons. The Morgan fingerprint density at radius 3 is 2.50 bits per heavy atom. The van der Waals surface area contributed by atoms with Gasteiger partial charge in [0.1, 0.15) is 11.3 Å². The standard InChI is InChI=1S/C27H23ClF3N9O4/c1-14(43-2)23-19(12-32-22-9-21(28)38-40(22)23)37-26(42)36-15-8-18(27(29,30)31)24(33-10-15)39-13-16(11-34-39)35-25(41)17-6-4-5-7-20(17)44-3/h4-14H,1-3H3,(H,35,41)(H2,36,37,42)/t14-/m0/s1. The highest BCUT2D eigenvalue weighted by Gasteiger charge is 2.36. The number of ether oxygens (including phenoxy) is 2. The van der Waals surface area contributed by atoms with Crippen LogP contribution in [0.3, 0.4) is 0 Å². The Labute approximate surface area is 252 Å². The minimum absolute atomic E-state index is 0.113.